The number of benzene rings is 2. The fourth-order valence-electron chi connectivity index (χ4n) is 1.84. The van der Waals surface area contributed by atoms with E-state index in [2.05, 4.69) is 21.2 Å². The predicted octanol–water partition coefficient (Wildman–Crippen LogP) is 4.06. The number of carbonyl (C=O) groups excluding carboxylic acids is 2. The molecule has 22 heavy (non-hydrogen) atoms. The van der Waals surface area contributed by atoms with Crippen LogP contribution >= 0.6 is 15.9 Å². The van der Waals surface area contributed by atoms with Crippen LogP contribution in [0.3, 0.4) is 0 Å². The fraction of sp³-hybridized carbons (Fsp3) is 0.176. The molecule has 0 spiro atoms. The third kappa shape index (κ3) is 4.43. The first-order chi connectivity index (χ1) is 10.5. The Hall–Kier alpha value is -2.14. The number of ether oxygens (including phenoxy) is 1. The SMILES string of the molecule is CC(=O)c1ccc(OC(C)C(=O)Nc2cccc(Br)c2)cc1. The first-order valence-electron chi connectivity index (χ1n) is 6.80. The molecule has 0 aliphatic rings. The first kappa shape index (κ1) is 16.2. The topological polar surface area (TPSA) is 55.4 Å². The molecule has 0 aliphatic heterocycles. The summed E-state index contributed by atoms with van der Waals surface area (Å²) >= 11 is 3.35. The van der Waals surface area contributed by atoms with E-state index < -0.39 is 6.10 Å². The molecule has 0 saturated heterocycles. The largest absolute Gasteiger partial charge is 0.481 e. The Morgan fingerprint density at radius 3 is 2.41 bits per heavy atom. The highest BCUT2D eigenvalue weighted by atomic mass is 79.9. The standard InChI is InChI=1S/C17H16BrNO3/c1-11(20)13-6-8-16(9-7-13)22-12(2)17(21)19-15-5-3-4-14(18)10-15/h3-10,12H,1-2H3,(H,19,21). The molecule has 1 N–H and O–H groups in total. The van der Waals surface area contributed by atoms with Gasteiger partial charge in [-0.25, -0.2) is 0 Å². The molecule has 0 radical (unpaired) electrons. The van der Waals surface area contributed by atoms with E-state index in [0.29, 0.717) is 17.0 Å². The van der Waals surface area contributed by atoms with Gasteiger partial charge in [0.2, 0.25) is 0 Å². The molecule has 1 atom stereocenters. The highest BCUT2D eigenvalue weighted by Gasteiger charge is 2.15. The van der Waals surface area contributed by atoms with Crippen LogP contribution in [0.5, 0.6) is 5.75 Å². The van der Waals surface area contributed by atoms with Gasteiger partial charge < -0.3 is 10.1 Å². The monoisotopic (exact) mass is 361 g/mol. The van der Waals surface area contributed by atoms with Crippen LogP contribution < -0.4 is 10.1 Å². The molecule has 114 valence electrons. The van der Waals surface area contributed by atoms with Gasteiger partial charge in [-0.3, -0.25) is 9.59 Å². The summed E-state index contributed by atoms with van der Waals surface area (Å²) < 4.78 is 6.47. The van der Waals surface area contributed by atoms with Crippen molar-refractivity contribution in [1.82, 2.24) is 0 Å². The van der Waals surface area contributed by atoms with E-state index in [0.717, 1.165) is 4.47 Å². The van der Waals surface area contributed by atoms with Crippen LogP contribution in [0, 0.1) is 0 Å². The van der Waals surface area contributed by atoms with Gasteiger partial charge >= 0.3 is 0 Å². The predicted molar refractivity (Wildman–Crippen MR) is 89.3 cm³/mol. The van der Waals surface area contributed by atoms with Gasteiger partial charge in [0.25, 0.3) is 5.91 Å². The molecule has 0 saturated carbocycles. The number of hydrogen-bond donors (Lipinski definition) is 1. The second-order valence-electron chi connectivity index (χ2n) is 4.84. The zero-order valence-corrected chi connectivity index (χ0v) is 13.9. The molecule has 2 rings (SSSR count). The number of Topliss-reactive ketones (excluding diaryl/α,β-unsaturated/α-hetero) is 1. The van der Waals surface area contributed by atoms with Crippen molar-refractivity contribution in [2.24, 2.45) is 0 Å². The van der Waals surface area contributed by atoms with Crippen LogP contribution in [-0.4, -0.2) is 17.8 Å². The van der Waals surface area contributed by atoms with Crippen LogP contribution in [0.25, 0.3) is 0 Å². The molecular formula is C17H16BrNO3. The van der Waals surface area contributed by atoms with Crippen LogP contribution in [0.2, 0.25) is 0 Å². The van der Waals surface area contributed by atoms with Crippen molar-refractivity contribution in [3.8, 4) is 5.75 Å². The first-order valence-corrected chi connectivity index (χ1v) is 7.59. The Labute approximate surface area is 137 Å². The summed E-state index contributed by atoms with van der Waals surface area (Å²) in [5, 5.41) is 2.78. The number of ketones is 1. The van der Waals surface area contributed by atoms with Crippen LogP contribution in [0.4, 0.5) is 5.69 Å². The molecule has 1 amide bonds. The summed E-state index contributed by atoms with van der Waals surface area (Å²) in [5.74, 6) is 0.294. The van der Waals surface area contributed by atoms with Gasteiger partial charge in [-0.1, -0.05) is 22.0 Å². The van der Waals surface area contributed by atoms with Crippen molar-refractivity contribution in [2.75, 3.05) is 5.32 Å². The lowest BCUT2D eigenvalue weighted by Gasteiger charge is -2.15. The Kier molecular flexibility index (Phi) is 5.33. The van der Waals surface area contributed by atoms with E-state index >= 15 is 0 Å². The van der Waals surface area contributed by atoms with Gasteiger partial charge in [0.1, 0.15) is 5.75 Å². The molecule has 1 unspecified atom stereocenters. The van der Waals surface area contributed by atoms with E-state index in [4.69, 9.17) is 4.74 Å². The van der Waals surface area contributed by atoms with Crippen molar-refractivity contribution in [2.45, 2.75) is 20.0 Å². The van der Waals surface area contributed by atoms with E-state index in [1.807, 2.05) is 18.2 Å². The number of hydrogen-bond acceptors (Lipinski definition) is 3. The molecule has 0 aromatic heterocycles. The van der Waals surface area contributed by atoms with Gasteiger partial charge in [0.15, 0.2) is 11.9 Å². The average molecular weight is 362 g/mol. The van der Waals surface area contributed by atoms with E-state index in [1.54, 1.807) is 37.3 Å². The van der Waals surface area contributed by atoms with Crippen molar-refractivity contribution in [3.05, 3.63) is 58.6 Å². The van der Waals surface area contributed by atoms with Crippen LogP contribution in [0.1, 0.15) is 24.2 Å². The summed E-state index contributed by atoms with van der Waals surface area (Å²) in [6.07, 6.45) is -0.651. The maximum atomic E-state index is 12.1. The second-order valence-corrected chi connectivity index (χ2v) is 5.76. The Balaban J connectivity index is 1.97. The number of nitrogens with one attached hydrogen (secondary N) is 1. The van der Waals surface area contributed by atoms with E-state index in [-0.39, 0.29) is 11.7 Å². The number of amides is 1. The van der Waals surface area contributed by atoms with Crippen molar-refractivity contribution >= 4 is 33.3 Å². The summed E-state index contributed by atoms with van der Waals surface area (Å²) in [7, 11) is 0. The Morgan fingerprint density at radius 2 is 1.82 bits per heavy atom. The van der Waals surface area contributed by atoms with Crippen molar-refractivity contribution in [3.63, 3.8) is 0 Å². The van der Waals surface area contributed by atoms with Gasteiger partial charge in [-0.05, 0) is 56.3 Å². The normalized spacial score (nSPS) is 11.6. The molecule has 0 heterocycles. The van der Waals surface area contributed by atoms with E-state index in [1.165, 1.54) is 6.92 Å². The maximum Gasteiger partial charge on any atom is 0.265 e. The lowest BCUT2D eigenvalue weighted by Crippen LogP contribution is -2.30. The summed E-state index contributed by atoms with van der Waals surface area (Å²) in [6, 6.07) is 14.0. The van der Waals surface area contributed by atoms with Gasteiger partial charge in [-0.2, -0.15) is 0 Å². The zero-order chi connectivity index (χ0) is 16.1. The number of anilines is 1. The number of rotatable bonds is 5. The number of carbonyl (C=O) groups is 2. The van der Waals surface area contributed by atoms with Crippen molar-refractivity contribution < 1.29 is 14.3 Å². The van der Waals surface area contributed by atoms with Gasteiger partial charge in [0, 0.05) is 15.7 Å². The summed E-state index contributed by atoms with van der Waals surface area (Å²) in [5.41, 5.74) is 1.31. The van der Waals surface area contributed by atoms with E-state index in [9.17, 15) is 9.59 Å². The highest BCUT2D eigenvalue weighted by molar-refractivity contribution is 9.10. The fourth-order valence-corrected chi connectivity index (χ4v) is 2.24. The average Bonchev–Trinajstić information content (AvgIpc) is 2.47. The third-order valence-electron chi connectivity index (χ3n) is 3.04. The van der Waals surface area contributed by atoms with Gasteiger partial charge in [0.05, 0.1) is 0 Å². The third-order valence-corrected chi connectivity index (χ3v) is 3.53. The lowest BCUT2D eigenvalue weighted by atomic mass is 10.1. The number of halogens is 1. The summed E-state index contributed by atoms with van der Waals surface area (Å²) in [6.45, 7) is 3.18. The van der Waals surface area contributed by atoms with Crippen molar-refractivity contribution in [1.29, 1.82) is 0 Å². The van der Waals surface area contributed by atoms with Crippen LogP contribution in [-0.2, 0) is 4.79 Å². The molecule has 0 fully saturated rings. The second kappa shape index (κ2) is 7.22. The highest BCUT2D eigenvalue weighted by Crippen LogP contribution is 2.17. The Bertz CT molecular complexity index is 683. The molecule has 0 bridgehead atoms. The van der Waals surface area contributed by atoms with Crippen LogP contribution in [0.15, 0.2) is 53.0 Å². The minimum absolute atomic E-state index is 0.00741. The molecular weight excluding hydrogens is 346 g/mol. The minimum atomic E-state index is -0.651. The molecule has 4 nitrogen and oxygen atoms in total. The lowest BCUT2D eigenvalue weighted by molar-refractivity contribution is -0.122. The zero-order valence-electron chi connectivity index (χ0n) is 12.3. The maximum absolute atomic E-state index is 12.1. The summed E-state index contributed by atoms with van der Waals surface area (Å²) in [4.78, 5) is 23.3. The molecule has 2 aromatic carbocycles. The Morgan fingerprint density at radius 1 is 1.14 bits per heavy atom. The molecule has 0 aliphatic carbocycles. The minimum Gasteiger partial charge on any atom is -0.481 e. The molecule has 5 heteroatoms. The smallest absolute Gasteiger partial charge is 0.265 e. The van der Waals surface area contributed by atoms with Gasteiger partial charge in [-0.15, -0.1) is 0 Å². The quantitative estimate of drug-likeness (QED) is 0.817. The molecule has 2 aromatic rings.